The van der Waals surface area contributed by atoms with Crippen molar-refractivity contribution in [3.63, 3.8) is 0 Å². The third-order valence-corrected chi connectivity index (χ3v) is 8.53. The average Bonchev–Trinajstić information content (AvgIpc) is 3.22. The Hall–Kier alpha value is -3.08. The van der Waals surface area contributed by atoms with Crippen LogP contribution in [-0.4, -0.2) is 30.3 Å². The van der Waals surface area contributed by atoms with Gasteiger partial charge < -0.3 is 15.2 Å². The van der Waals surface area contributed by atoms with E-state index in [0.717, 1.165) is 31.4 Å². The summed E-state index contributed by atoms with van der Waals surface area (Å²) in [6, 6.07) is 26.5. The number of esters is 1. The number of halogens is 1. The highest BCUT2D eigenvalue weighted by molar-refractivity contribution is 6.30. The molecule has 0 aliphatic heterocycles. The van der Waals surface area contributed by atoms with Gasteiger partial charge in [-0.15, -0.1) is 0 Å². The van der Waals surface area contributed by atoms with E-state index < -0.39 is 5.54 Å². The average molecular weight is 516 g/mol. The number of hydrogen-bond acceptors (Lipinski definition) is 4. The zero-order valence-electron chi connectivity index (χ0n) is 21.3. The third-order valence-electron chi connectivity index (χ3n) is 8.30. The van der Waals surface area contributed by atoms with Gasteiger partial charge in [0.25, 0.3) is 0 Å². The van der Waals surface area contributed by atoms with Crippen molar-refractivity contribution in [1.82, 2.24) is 0 Å². The molecule has 2 N–H and O–H groups in total. The first-order valence-corrected chi connectivity index (χ1v) is 13.4. The topological polar surface area (TPSA) is 58.6 Å². The second-order valence-electron chi connectivity index (χ2n) is 10.5. The molecule has 1 fully saturated rings. The predicted molar refractivity (Wildman–Crippen MR) is 150 cm³/mol. The van der Waals surface area contributed by atoms with E-state index in [0.29, 0.717) is 17.9 Å². The molecular formula is C32H34ClNO3. The molecule has 0 bridgehead atoms. The third kappa shape index (κ3) is 5.05. The van der Waals surface area contributed by atoms with Crippen LogP contribution in [0.1, 0.15) is 48.8 Å². The number of aliphatic hydroxyl groups is 1. The van der Waals surface area contributed by atoms with Crippen molar-refractivity contribution >= 4 is 29.3 Å². The summed E-state index contributed by atoms with van der Waals surface area (Å²) in [5.41, 5.74) is 5.06. The first kappa shape index (κ1) is 25.6. The Labute approximate surface area is 224 Å². The lowest BCUT2D eigenvalue weighted by atomic mass is 9.61. The van der Waals surface area contributed by atoms with Gasteiger partial charge >= 0.3 is 5.97 Å². The predicted octanol–water partition coefficient (Wildman–Crippen LogP) is 6.81. The highest BCUT2D eigenvalue weighted by Gasteiger charge is 2.52. The van der Waals surface area contributed by atoms with Gasteiger partial charge in [-0.1, -0.05) is 83.9 Å². The highest BCUT2D eigenvalue weighted by atomic mass is 35.5. The Kier molecular flexibility index (Phi) is 7.41. The van der Waals surface area contributed by atoms with Crippen LogP contribution in [0.2, 0.25) is 5.02 Å². The molecule has 0 aromatic heterocycles. The molecule has 0 amide bonds. The molecule has 1 unspecified atom stereocenters. The summed E-state index contributed by atoms with van der Waals surface area (Å²) in [7, 11) is 1.46. The molecule has 2 aliphatic carbocycles. The normalized spacial score (nSPS) is 23.3. The molecule has 1 saturated carbocycles. The summed E-state index contributed by atoms with van der Waals surface area (Å²) in [5, 5.41) is 14.4. The number of nitrogens with one attached hydrogen (secondary N) is 1. The Balaban J connectivity index is 1.43. The minimum atomic E-state index is -0.812. The zero-order chi connectivity index (χ0) is 25.9. The fraction of sp³-hybridized carbons (Fsp3) is 0.344. The van der Waals surface area contributed by atoms with Crippen molar-refractivity contribution in [1.29, 1.82) is 0 Å². The molecule has 0 heterocycles. The second-order valence-corrected chi connectivity index (χ2v) is 10.9. The van der Waals surface area contributed by atoms with Gasteiger partial charge in [-0.05, 0) is 79.3 Å². The smallest absolute Gasteiger partial charge is 0.331 e. The Bertz CT molecular complexity index is 1280. The van der Waals surface area contributed by atoms with Gasteiger partial charge in [0.05, 0.1) is 7.11 Å². The lowest BCUT2D eigenvalue weighted by molar-refractivity contribution is -0.147. The molecule has 1 atom stereocenters. The van der Waals surface area contributed by atoms with Crippen molar-refractivity contribution in [3.05, 3.63) is 106 Å². The van der Waals surface area contributed by atoms with Crippen LogP contribution in [0.15, 0.2) is 84.4 Å². The molecule has 5 heteroatoms. The molecule has 37 heavy (non-hydrogen) atoms. The van der Waals surface area contributed by atoms with Crippen LogP contribution in [0.25, 0.3) is 6.08 Å². The fourth-order valence-corrected chi connectivity index (χ4v) is 6.57. The van der Waals surface area contributed by atoms with Crippen LogP contribution in [0, 0.1) is 5.92 Å². The van der Waals surface area contributed by atoms with Gasteiger partial charge in [-0.25, -0.2) is 4.79 Å². The molecule has 0 saturated heterocycles. The number of carbonyl (C=O) groups is 1. The van der Waals surface area contributed by atoms with Gasteiger partial charge in [0.15, 0.2) is 0 Å². The molecule has 3 aromatic rings. The van der Waals surface area contributed by atoms with E-state index in [2.05, 4.69) is 59.9 Å². The molecule has 0 radical (unpaired) electrons. The molecular weight excluding hydrogens is 482 g/mol. The Morgan fingerprint density at radius 2 is 1.70 bits per heavy atom. The zero-order valence-corrected chi connectivity index (χ0v) is 22.0. The van der Waals surface area contributed by atoms with Gasteiger partial charge in [0.2, 0.25) is 0 Å². The monoisotopic (exact) mass is 515 g/mol. The number of aliphatic hydroxyl groups excluding tert-OH is 1. The number of methoxy groups -OCH3 is 1. The first-order chi connectivity index (χ1) is 18.0. The van der Waals surface area contributed by atoms with E-state index in [1.54, 1.807) is 0 Å². The molecule has 1 spiro atoms. The van der Waals surface area contributed by atoms with Crippen LogP contribution in [0.5, 0.6) is 0 Å². The summed E-state index contributed by atoms with van der Waals surface area (Å²) in [4.78, 5) is 13.2. The minimum absolute atomic E-state index is 0.136. The molecule has 2 aliphatic rings. The van der Waals surface area contributed by atoms with Crippen molar-refractivity contribution in [2.75, 3.05) is 19.0 Å². The fourth-order valence-electron chi connectivity index (χ4n) is 6.38. The maximum absolute atomic E-state index is 13.2. The summed E-state index contributed by atoms with van der Waals surface area (Å²) in [6.07, 6.45) is 6.92. The number of benzene rings is 3. The standard InChI is InChI=1S/C32H34ClNO3/c1-37-30(36)32(34-28-12-7-11-27(33)21-28)16-14-31(15-17-32)26(20-25-10-5-6-13-29(25)31)19-24(22-35)18-23-8-3-2-4-9-23/h2-13,20-21,24,34-35H,14-19,22H2,1H3. The van der Waals surface area contributed by atoms with Gasteiger partial charge in [0.1, 0.15) is 5.54 Å². The Morgan fingerprint density at radius 1 is 0.973 bits per heavy atom. The lowest BCUT2D eigenvalue weighted by Crippen LogP contribution is -2.52. The van der Waals surface area contributed by atoms with E-state index >= 15 is 0 Å². The van der Waals surface area contributed by atoms with Crippen molar-refractivity contribution in [2.24, 2.45) is 5.92 Å². The molecule has 4 nitrogen and oxygen atoms in total. The van der Waals surface area contributed by atoms with Crippen molar-refractivity contribution in [3.8, 4) is 0 Å². The van der Waals surface area contributed by atoms with E-state index in [-0.39, 0.29) is 23.9 Å². The summed E-state index contributed by atoms with van der Waals surface area (Å²) in [5.74, 6) is -0.104. The van der Waals surface area contributed by atoms with Crippen molar-refractivity contribution in [2.45, 2.75) is 49.5 Å². The van der Waals surface area contributed by atoms with Crippen LogP contribution in [-0.2, 0) is 21.4 Å². The lowest BCUT2D eigenvalue weighted by Gasteiger charge is -2.46. The van der Waals surface area contributed by atoms with Gasteiger partial charge in [0, 0.05) is 22.7 Å². The number of ether oxygens (including phenoxy) is 1. The SMILES string of the molecule is COC(=O)C1(Nc2cccc(Cl)c2)CCC2(CC1)C(CC(CO)Cc1ccccc1)=Cc1ccccc12. The quantitative estimate of drug-likeness (QED) is 0.323. The number of allylic oxidation sites excluding steroid dienone is 1. The summed E-state index contributed by atoms with van der Waals surface area (Å²) >= 11 is 6.23. The molecule has 192 valence electrons. The van der Waals surface area contributed by atoms with Crippen LogP contribution >= 0.6 is 11.6 Å². The summed E-state index contributed by atoms with van der Waals surface area (Å²) < 4.78 is 5.31. The van der Waals surface area contributed by atoms with E-state index in [9.17, 15) is 9.90 Å². The first-order valence-electron chi connectivity index (χ1n) is 13.1. The Morgan fingerprint density at radius 3 is 2.41 bits per heavy atom. The minimum Gasteiger partial charge on any atom is -0.467 e. The van der Waals surface area contributed by atoms with E-state index in [1.807, 2.05) is 30.3 Å². The van der Waals surface area contributed by atoms with Gasteiger partial charge in [-0.3, -0.25) is 0 Å². The number of hydrogen-bond donors (Lipinski definition) is 2. The van der Waals surface area contributed by atoms with Crippen LogP contribution in [0.4, 0.5) is 5.69 Å². The number of anilines is 1. The van der Waals surface area contributed by atoms with Crippen LogP contribution in [0.3, 0.4) is 0 Å². The number of fused-ring (bicyclic) bond motifs is 2. The number of rotatable bonds is 8. The largest absolute Gasteiger partial charge is 0.467 e. The second kappa shape index (κ2) is 10.7. The van der Waals surface area contributed by atoms with Crippen LogP contribution < -0.4 is 5.32 Å². The van der Waals surface area contributed by atoms with Gasteiger partial charge in [-0.2, -0.15) is 0 Å². The maximum atomic E-state index is 13.2. The summed E-state index contributed by atoms with van der Waals surface area (Å²) in [6.45, 7) is 0.140. The van der Waals surface area contributed by atoms with Crippen molar-refractivity contribution < 1.29 is 14.6 Å². The maximum Gasteiger partial charge on any atom is 0.331 e. The molecule has 3 aromatic carbocycles. The van der Waals surface area contributed by atoms with E-state index in [4.69, 9.17) is 16.3 Å². The number of carbonyl (C=O) groups excluding carboxylic acids is 1. The van der Waals surface area contributed by atoms with E-state index in [1.165, 1.54) is 29.4 Å². The molecule has 5 rings (SSSR count). The highest BCUT2D eigenvalue weighted by Crippen LogP contribution is 2.55.